The molecule has 0 amide bonds. The normalized spacial score (nSPS) is 18.5. The molecule has 2 nitrogen and oxygen atoms in total. The molecule has 1 aliphatic carbocycles. The van der Waals surface area contributed by atoms with E-state index in [1.807, 2.05) is 12.1 Å². The molecule has 1 aromatic carbocycles. The van der Waals surface area contributed by atoms with E-state index in [-0.39, 0.29) is 11.9 Å². The van der Waals surface area contributed by atoms with Gasteiger partial charge in [-0.1, -0.05) is 26.0 Å². The van der Waals surface area contributed by atoms with Gasteiger partial charge in [-0.2, -0.15) is 0 Å². The van der Waals surface area contributed by atoms with Gasteiger partial charge in [0.05, 0.1) is 0 Å². The van der Waals surface area contributed by atoms with Crippen molar-refractivity contribution in [3.63, 3.8) is 0 Å². The summed E-state index contributed by atoms with van der Waals surface area (Å²) in [6, 6.07) is 5.23. The molecule has 1 unspecified atom stereocenters. The van der Waals surface area contributed by atoms with Gasteiger partial charge in [-0.25, -0.2) is 4.39 Å². The molecule has 0 spiro atoms. The molecule has 3 heteroatoms. The number of ether oxygens (including phenoxy) is 1. The maximum absolute atomic E-state index is 14.0. The van der Waals surface area contributed by atoms with E-state index in [2.05, 4.69) is 25.2 Å². The lowest BCUT2D eigenvalue weighted by atomic mass is 10.1. The maximum atomic E-state index is 14.0. The molecule has 0 radical (unpaired) electrons. The lowest BCUT2D eigenvalue weighted by molar-refractivity contribution is 0.220. The molecule has 110 valence electrons. The van der Waals surface area contributed by atoms with Gasteiger partial charge in [-0.3, -0.25) is 0 Å². The van der Waals surface area contributed by atoms with Crippen molar-refractivity contribution in [2.24, 2.45) is 5.92 Å². The maximum Gasteiger partial charge on any atom is 0.165 e. The fourth-order valence-corrected chi connectivity index (χ4v) is 2.30. The van der Waals surface area contributed by atoms with Gasteiger partial charge in [0, 0.05) is 6.54 Å². The fourth-order valence-electron chi connectivity index (χ4n) is 2.30. The van der Waals surface area contributed by atoms with Gasteiger partial charge in [-0.15, -0.1) is 0 Å². The zero-order valence-corrected chi connectivity index (χ0v) is 12.4. The standard InChI is InChI=1S/C17H24FNO/c1-13(2)11-19-12-14-8-9-17(16(18)10-14)20-15-6-4-3-5-7-15/h4,6,8-10,13,15,19H,3,5,7,11-12H2,1-2H3. The first-order valence-electron chi connectivity index (χ1n) is 7.47. The molecule has 1 atom stereocenters. The van der Waals surface area contributed by atoms with Crippen molar-refractivity contribution in [3.8, 4) is 5.75 Å². The number of halogens is 1. The van der Waals surface area contributed by atoms with E-state index in [1.165, 1.54) is 0 Å². The van der Waals surface area contributed by atoms with Crippen LogP contribution in [0, 0.1) is 11.7 Å². The van der Waals surface area contributed by atoms with Gasteiger partial charge in [0.2, 0.25) is 0 Å². The zero-order chi connectivity index (χ0) is 14.4. The summed E-state index contributed by atoms with van der Waals surface area (Å²) in [5, 5.41) is 3.31. The highest BCUT2D eigenvalue weighted by Gasteiger charge is 2.13. The van der Waals surface area contributed by atoms with Gasteiger partial charge < -0.3 is 10.1 Å². The Kier molecular flexibility index (Phi) is 5.60. The van der Waals surface area contributed by atoms with Crippen LogP contribution < -0.4 is 10.1 Å². The molecule has 20 heavy (non-hydrogen) atoms. The molecule has 1 aromatic rings. The van der Waals surface area contributed by atoms with Crippen molar-refractivity contribution in [3.05, 3.63) is 41.7 Å². The van der Waals surface area contributed by atoms with Crippen LogP contribution in [-0.4, -0.2) is 12.6 Å². The van der Waals surface area contributed by atoms with Crippen LogP contribution in [0.5, 0.6) is 5.75 Å². The first-order chi connectivity index (χ1) is 9.65. The molecule has 0 aliphatic heterocycles. The van der Waals surface area contributed by atoms with Crippen molar-refractivity contribution < 1.29 is 9.13 Å². The first kappa shape index (κ1) is 15.0. The average molecular weight is 277 g/mol. The second-order valence-electron chi connectivity index (χ2n) is 5.80. The predicted molar refractivity (Wildman–Crippen MR) is 80.4 cm³/mol. The fraction of sp³-hybridized carbons (Fsp3) is 0.529. The summed E-state index contributed by atoms with van der Waals surface area (Å²) in [6.07, 6.45) is 7.33. The molecule has 0 heterocycles. The highest BCUT2D eigenvalue weighted by molar-refractivity contribution is 5.30. The van der Waals surface area contributed by atoms with Gasteiger partial charge in [0.1, 0.15) is 6.10 Å². The van der Waals surface area contributed by atoms with Gasteiger partial charge >= 0.3 is 0 Å². The van der Waals surface area contributed by atoms with Crippen LogP contribution in [-0.2, 0) is 6.54 Å². The Morgan fingerprint density at radius 3 is 2.90 bits per heavy atom. The Balaban J connectivity index is 1.91. The third-order valence-electron chi connectivity index (χ3n) is 3.37. The summed E-state index contributed by atoms with van der Waals surface area (Å²) in [7, 11) is 0. The zero-order valence-electron chi connectivity index (χ0n) is 12.4. The lowest BCUT2D eigenvalue weighted by Crippen LogP contribution is -2.19. The van der Waals surface area contributed by atoms with E-state index >= 15 is 0 Å². The van der Waals surface area contributed by atoms with E-state index in [0.717, 1.165) is 31.4 Å². The predicted octanol–water partition coefficient (Wildman–Crippen LogP) is 4.06. The van der Waals surface area contributed by atoms with Gasteiger partial charge in [0.15, 0.2) is 11.6 Å². The molecule has 0 saturated heterocycles. The Bertz CT molecular complexity index is 456. The highest BCUT2D eigenvalue weighted by atomic mass is 19.1. The van der Waals surface area contributed by atoms with E-state index in [9.17, 15) is 4.39 Å². The minimum Gasteiger partial charge on any atom is -0.483 e. The molecule has 0 fully saturated rings. The number of allylic oxidation sites excluding steroid dienone is 1. The number of benzene rings is 1. The molecule has 2 rings (SSSR count). The number of hydrogen-bond acceptors (Lipinski definition) is 2. The SMILES string of the molecule is CC(C)CNCc1ccc(OC2C=CCCC2)c(F)c1. The largest absolute Gasteiger partial charge is 0.483 e. The lowest BCUT2D eigenvalue weighted by Gasteiger charge is -2.19. The van der Waals surface area contributed by atoms with Crippen LogP contribution in [0.1, 0.15) is 38.7 Å². The van der Waals surface area contributed by atoms with Crippen molar-refractivity contribution in [2.45, 2.75) is 45.8 Å². The molecule has 1 aliphatic rings. The minimum atomic E-state index is -0.271. The van der Waals surface area contributed by atoms with E-state index < -0.39 is 0 Å². The Labute approximate surface area is 121 Å². The van der Waals surface area contributed by atoms with Crippen LogP contribution >= 0.6 is 0 Å². The van der Waals surface area contributed by atoms with Crippen molar-refractivity contribution in [1.82, 2.24) is 5.32 Å². The highest BCUT2D eigenvalue weighted by Crippen LogP contribution is 2.23. The third-order valence-corrected chi connectivity index (χ3v) is 3.37. The van der Waals surface area contributed by atoms with Crippen LogP contribution in [0.3, 0.4) is 0 Å². The summed E-state index contributed by atoms with van der Waals surface area (Å²) >= 11 is 0. The average Bonchev–Trinajstić information content (AvgIpc) is 2.42. The van der Waals surface area contributed by atoms with Crippen molar-refractivity contribution >= 4 is 0 Å². The van der Waals surface area contributed by atoms with Crippen LogP contribution in [0.25, 0.3) is 0 Å². The minimum absolute atomic E-state index is 0.0168. The summed E-state index contributed by atoms with van der Waals surface area (Å²) in [4.78, 5) is 0. The number of rotatable bonds is 6. The molecule has 0 bridgehead atoms. The van der Waals surface area contributed by atoms with Crippen LogP contribution in [0.2, 0.25) is 0 Å². The molecular formula is C17H24FNO. The quantitative estimate of drug-likeness (QED) is 0.792. The van der Waals surface area contributed by atoms with Crippen molar-refractivity contribution in [2.75, 3.05) is 6.54 Å². The number of hydrogen-bond donors (Lipinski definition) is 1. The monoisotopic (exact) mass is 277 g/mol. The second-order valence-corrected chi connectivity index (χ2v) is 5.80. The summed E-state index contributed by atoms with van der Waals surface area (Å²) in [6.45, 7) is 5.94. The summed E-state index contributed by atoms with van der Waals surface area (Å²) < 4.78 is 19.7. The molecule has 0 aromatic heterocycles. The van der Waals surface area contributed by atoms with E-state index in [1.54, 1.807) is 12.1 Å². The summed E-state index contributed by atoms with van der Waals surface area (Å²) in [5.41, 5.74) is 0.953. The van der Waals surface area contributed by atoms with Gasteiger partial charge in [-0.05, 0) is 55.5 Å². The molecule has 0 saturated carbocycles. The Hall–Kier alpha value is -1.35. The summed E-state index contributed by atoms with van der Waals surface area (Å²) in [5.74, 6) is 0.683. The second kappa shape index (κ2) is 7.44. The third kappa shape index (κ3) is 4.64. The first-order valence-corrected chi connectivity index (χ1v) is 7.47. The van der Waals surface area contributed by atoms with E-state index in [0.29, 0.717) is 18.2 Å². The van der Waals surface area contributed by atoms with Crippen LogP contribution in [0.15, 0.2) is 30.4 Å². The van der Waals surface area contributed by atoms with Gasteiger partial charge in [0.25, 0.3) is 0 Å². The molecular weight excluding hydrogens is 253 g/mol. The molecule has 1 N–H and O–H groups in total. The number of nitrogens with one attached hydrogen (secondary N) is 1. The van der Waals surface area contributed by atoms with E-state index in [4.69, 9.17) is 4.74 Å². The Morgan fingerprint density at radius 1 is 1.40 bits per heavy atom. The topological polar surface area (TPSA) is 21.3 Å². The van der Waals surface area contributed by atoms with Crippen molar-refractivity contribution in [1.29, 1.82) is 0 Å². The van der Waals surface area contributed by atoms with Crippen LogP contribution in [0.4, 0.5) is 4.39 Å². The Morgan fingerprint density at radius 2 is 2.25 bits per heavy atom. The smallest absolute Gasteiger partial charge is 0.165 e.